The van der Waals surface area contributed by atoms with E-state index in [-0.39, 0.29) is 10.1 Å². The molecule has 1 heterocycles. The van der Waals surface area contributed by atoms with Crippen molar-refractivity contribution in [2.45, 2.75) is 12.8 Å². The summed E-state index contributed by atoms with van der Waals surface area (Å²) in [6.07, 6.45) is 3.63. The Labute approximate surface area is 168 Å². The molecule has 8 nitrogen and oxygen atoms in total. The SMILES string of the molecule is COC(=O)/C=C1/S/C(=N\N=Cc2cc(Br)ccc2OCCCC#N)NC1=O. The van der Waals surface area contributed by atoms with Gasteiger partial charge in [0.25, 0.3) is 5.91 Å². The maximum Gasteiger partial charge on any atom is 0.331 e. The van der Waals surface area contributed by atoms with Crippen LogP contribution < -0.4 is 10.1 Å². The molecule has 27 heavy (non-hydrogen) atoms. The van der Waals surface area contributed by atoms with E-state index in [2.05, 4.69) is 42.3 Å². The van der Waals surface area contributed by atoms with Crippen molar-refractivity contribution in [2.24, 2.45) is 10.2 Å². The number of rotatable bonds is 7. The number of amidine groups is 1. The van der Waals surface area contributed by atoms with Gasteiger partial charge in [-0.25, -0.2) is 4.79 Å². The standard InChI is InChI=1S/C17H15BrN4O4S/c1-25-15(23)9-14-16(24)21-17(27-14)22-20-10-11-8-12(18)4-5-13(11)26-7-3-2-6-19/h4-5,8-10H,2-3,7H2,1H3,(H,21,22,24)/b14-9+,20-10?. The van der Waals surface area contributed by atoms with Crippen molar-refractivity contribution >= 4 is 51.0 Å². The Bertz CT molecular complexity index is 861. The van der Waals surface area contributed by atoms with E-state index >= 15 is 0 Å². The van der Waals surface area contributed by atoms with Crippen molar-refractivity contribution in [1.29, 1.82) is 5.26 Å². The second-order valence-electron chi connectivity index (χ2n) is 5.03. The fourth-order valence-corrected chi connectivity index (χ4v) is 2.99. The van der Waals surface area contributed by atoms with Crippen molar-refractivity contribution < 1.29 is 19.1 Å². The smallest absolute Gasteiger partial charge is 0.331 e. The number of hydrogen-bond acceptors (Lipinski definition) is 8. The number of methoxy groups -OCH3 is 1. The zero-order valence-corrected chi connectivity index (χ0v) is 16.7. The van der Waals surface area contributed by atoms with Gasteiger partial charge in [0.1, 0.15) is 5.75 Å². The van der Waals surface area contributed by atoms with E-state index in [0.717, 1.165) is 22.3 Å². The number of halogens is 1. The molecule has 1 aromatic rings. The van der Waals surface area contributed by atoms with Gasteiger partial charge < -0.3 is 9.47 Å². The van der Waals surface area contributed by atoms with Gasteiger partial charge in [-0.05, 0) is 36.4 Å². The number of amides is 1. The zero-order valence-electron chi connectivity index (χ0n) is 14.3. The third-order valence-electron chi connectivity index (χ3n) is 3.11. The highest BCUT2D eigenvalue weighted by atomic mass is 79.9. The van der Waals surface area contributed by atoms with Crippen molar-refractivity contribution in [3.63, 3.8) is 0 Å². The molecule has 1 N–H and O–H groups in total. The summed E-state index contributed by atoms with van der Waals surface area (Å²) in [6, 6.07) is 7.49. The summed E-state index contributed by atoms with van der Waals surface area (Å²) in [6.45, 7) is 0.415. The maximum atomic E-state index is 11.7. The molecule has 1 aliphatic heterocycles. The Morgan fingerprint density at radius 1 is 1.48 bits per heavy atom. The number of thioether (sulfide) groups is 1. The fourth-order valence-electron chi connectivity index (χ4n) is 1.87. The Kier molecular flexibility index (Phi) is 8.03. The normalized spacial score (nSPS) is 16.6. The molecule has 0 saturated carbocycles. The molecule has 0 radical (unpaired) electrons. The topological polar surface area (TPSA) is 113 Å². The summed E-state index contributed by atoms with van der Waals surface area (Å²) in [7, 11) is 1.23. The summed E-state index contributed by atoms with van der Waals surface area (Å²) in [5.74, 6) is -0.456. The summed E-state index contributed by atoms with van der Waals surface area (Å²) in [5, 5.41) is 19.2. The molecule has 1 fully saturated rings. The number of hydrogen-bond donors (Lipinski definition) is 1. The van der Waals surface area contributed by atoms with E-state index < -0.39 is 11.9 Å². The van der Waals surface area contributed by atoms with Crippen LogP contribution in [0, 0.1) is 11.3 Å². The highest BCUT2D eigenvalue weighted by molar-refractivity contribution is 9.10. The molecule has 0 aliphatic carbocycles. The molecule has 1 aromatic carbocycles. The van der Waals surface area contributed by atoms with Crippen LogP contribution in [0.4, 0.5) is 0 Å². The highest BCUT2D eigenvalue weighted by Gasteiger charge is 2.25. The van der Waals surface area contributed by atoms with E-state index in [1.807, 2.05) is 12.1 Å². The van der Waals surface area contributed by atoms with E-state index in [1.165, 1.54) is 13.3 Å². The van der Waals surface area contributed by atoms with Crippen LogP contribution in [0.15, 0.2) is 43.9 Å². The van der Waals surface area contributed by atoms with E-state index in [9.17, 15) is 9.59 Å². The average molecular weight is 451 g/mol. The van der Waals surface area contributed by atoms with Crippen LogP contribution in [0.3, 0.4) is 0 Å². The summed E-state index contributed by atoms with van der Waals surface area (Å²) < 4.78 is 11.0. The van der Waals surface area contributed by atoms with Gasteiger partial charge in [-0.2, -0.15) is 10.4 Å². The lowest BCUT2D eigenvalue weighted by atomic mass is 10.2. The Morgan fingerprint density at radius 2 is 2.30 bits per heavy atom. The molecule has 140 valence electrons. The first-order valence-corrected chi connectivity index (χ1v) is 9.33. The van der Waals surface area contributed by atoms with Crippen LogP contribution in [-0.2, 0) is 14.3 Å². The minimum atomic E-state index is -0.621. The molecule has 0 aromatic heterocycles. The second kappa shape index (κ2) is 10.5. The van der Waals surface area contributed by atoms with Gasteiger partial charge in [-0.3, -0.25) is 10.1 Å². The van der Waals surface area contributed by atoms with Gasteiger partial charge in [0.05, 0.1) is 30.9 Å². The first kappa shape index (κ1) is 20.7. The van der Waals surface area contributed by atoms with Crippen molar-refractivity contribution in [3.8, 4) is 11.8 Å². The monoisotopic (exact) mass is 450 g/mol. The van der Waals surface area contributed by atoms with Gasteiger partial charge in [0, 0.05) is 22.5 Å². The third kappa shape index (κ3) is 6.54. The number of carbonyl (C=O) groups is 2. The molecule has 0 bridgehead atoms. The molecular weight excluding hydrogens is 436 g/mol. The maximum absolute atomic E-state index is 11.7. The third-order valence-corrected chi connectivity index (χ3v) is 4.50. The van der Waals surface area contributed by atoms with Gasteiger partial charge in [0.15, 0.2) is 5.17 Å². The molecule has 1 amide bonds. The van der Waals surface area contributed by atoms with Crippen LogP contribution >= 0.6 is 27.7 Å². The lowest BCUT2D eigenvalue weighted by molar-refractivity contribution is -0.135. The number of carbonyl (C=O) groups excluding carboxylic acids is 2. The van der Waals surface area contributed by atoms with Gasteiger partial charge >= 0.3 is 5.97 Å². The van der Waals surface area contributed by atoms with Crippen LogP contribution in [0.5, 0.6) is 5.75 Å². The van der Waals surface area contributed by atoms with Gasteiger partial charge in [0.2, 0.25) is 0 Å². The predicted octanol–water partition coefficient (Wildman–Crippen LogP) is 2.74. The van der Waals surface area contributed by atoms with Crippen LogP contribution in [0.1, 0.15) is 18.4 Å². The van der Waals surface area contributed by atoms with Gasteiger partial charge in [-0.1, -0.05) is 15.9 Å². The number of unbranched alkanes of at least 4 members (excludes halogenated alkanes) is 1. The number of nitriles is 1. The minimum Gasteiger partial charge on any atom is -0.493 e. The lowest BCUT2D eigenvalue weighted by Gasteiger charge is -2.08. The van der Waals surface area contributed by atoms with Crippen LogP contribution in [-0.4, -0.2) is 37.0 Å². The highest BCUT2D eigenvalue weighted by Crippen LogP contribution is 2.24. The quantitative estimate of drug-likeness (QED) is 0.224. The van der Waals surface area contributed by atoms with Crippen molar-refractivity contribution in [2.75, 3.05) is 13.7 Å². The largest absolute Gasteiger partial charge is 0.493 e. The first-order valence-electron chi connectivity index (χ1n) is 7.72. The molecular formula is C17H15BrN4O4S. The van der Waals surface area contributed by atoms with E-state index in [0.29, 0.717) is 30.8 Å². The fraction of sp³-hybridized carbons (Fsp3) is 0.235. The Balaban J connectivity index is 2.07. The van der Waals surface area contributed by atoms with Gasteiger partial charge in [-0.15, -0.1) is 5.10 Å². The van der Waals surface area contributed by atoms with E-state index in [4.69, 9.17) is 10.00 Å². The molecule has 10 heteroatoms. The Morgan fingerprint density at radius 3 is 3.04 bits per heavy atom. The molecule has 0 atom stereocenters. The van der Waals surface area contributed by atoms with Crippen LogP contribution in [0.2, 0.25) is 0 Å². The summed E-state index contributed by atoms with van der Waals surface area (Å²) in [5.41, 5.74) is 0.685. The molecule has 2 rings (SSSR count). The molecule has 1 aliphatic rings. The predicted molar refractivity (Wildman–Crippen MR) is 105 cm³/mol. The van der Waals surface area contributed by atoms with Crippen molar-refractivity contribution in [3.05, 3.63) is 39.2 Å². The van der Waals surface area contributed by atoms with Crippen LogP contribution in [0.25, 0.3) is 0 Å². The lowest BCUT2D eigenvalue weighted by Crippen LogP contribution is -2.19. The van der Waals surface area contributed by atoms with Crippen molar-refractivity contribution in [1.82, 2.24) is 5.32 Å². The average Bonchev–Trinajstić information content (AvgIpc) is 2.99. The second-order valence-corrected chi connectivity index (χ2v) is 6.98. The first-order chi connectivity index (χ1) is 13.0. The minimum absolute atomic E-state index is 0.180. The van der Waals surface area contributed by atoms with E-state index in [1.54, 1.807) is 6.07 Å². The number of nitrogens with one attached hydrogen (secondary N) is 1. The zero-order chi connectivity index (χ0) is 19.6. The summed E-state index contributed by atoms with van der Waals surface area (Å²) in [4.78, 5) is 23.1. The number of esters is 1. The molecule has 1 saturated heterocycles. The summed E-state index contributed by atoms with van der Waals surface area (Å²) >= 11 is 4.37. The number of benzene rings is 1. The number of nitrogens with zero attached hydrogens (tertiary/aromatic N) is 3. The molecule has 0 unspecified atom stereocenters. The molecule has 0 spiro atoms. The number of ether oxygens (including phenoxy) is 2. The Hall–Kier alpha value is -2.64.